The Morgan fingerprint density at radius 3 is 2.31 bits per heavy atom. The van der Waals surface area contributed by atoms with Crippen LogP contribution in [-0.2, 0) is 26.2 Å². The third kappa shape index (κ3) is 7.67. The zero-order valence-corrected chi connectivity index (χ0v) is 22.3. The molecule has 0 bridgehead atoms. The summed E-state index contributed by atoms with van der Waals surface area (Å²) in [5, 5.41) is 2.66. The molecule has 0 radical (unpaired) electrons. The van der Waals surface area contributed by atoms with Crippen LogP contribution in [0.1, 0.15) is 44.7 Å². The van der Waals surface area contributed by atoms with Gasteiger partial charge in [0.1, 0.15) is 18.4 Å². The molecule has 2 aromatic rings. The Bertz CT molecular complexity index is 1160. The molecule has 192 valence electrons. The summed E-state index contributed by atoms with van der Waals surface area (Å²) >= 11 is 5.86. The highest BCUT2D eigenvalue weighted by molar-refractivity contribution is 7.92. The number of anilines is 1. The first-order chi connectivity index (χ1) is 16.4. The van der Waals surface area contributed by atoms with Gasteiger partial charge in [-0.2, -0.15) is 0 Å². The monoisotopic (exact) mass is 525 g/mol. The topological polar surface area (TPSA) is 86.8 Å². The molecular weight excluding hydrogens is 493 g/mol. The van der Waals surface area contributed by atoms with E-state index < -0.39 is 34.3 Å². The minimum Gasteiger partial charge on any atom is -0.352 e. The van der Waals surface area contributed by atoms with E-state index in [9.17, 15) is 22.4 Å². The van der Waals surface area contributed by atoms with Gasteiger partial charge in [0, 0.05) is 12.6 Å². The predicted octanol–water partition coefficient (Wildman–Crippen LogP) is 4.28. The van der Waals surface area contributed by atoms with Crippen LogP contribution >= 0.6 is 11.6 Å². The normalized spacial score (nSPS) is 13.1. The summed E-state index contributed by atoms with van der Waals surface area (Å²) in [4.78, 5) is 28.1. The van der Waals surface area contributed by atoms with E-state index in [1.165, 1.54) is 11.0 Å². The summed E-state index contributed by atoms with van der Waals surface area (Å²) in [5.41, 5.74) is 1.83. The Kier molecular flexibility index (Phi) is 10.1. The molecule has 35 heavy (non-hydrogen) atoms. The summed E-state index contributed by atoms with van der Waals surface area (Å²) in [6.45, 7) is 7.08. The van der Waals surface area contributed by atoms with E-state index in [2.05, 4.69) is 5.32 Å². The first-order valence-electron chi connectivity index (χ1n) is 11.5. The molecule has 2 aromatic carbocycles. The molecule has 0 saturated carbocycles. The molecule has 0 fully saturated rings. The van der Waals surface area contributed by atoms with Gasteiger partial charge in [-0.15, -0.1) is 0 Å². The molecule has 2 amide bonds. The molecule has 2 atom stereocenters. The molecular formula is C25H33ClFN3O4S. The van der Waals surface area contributed by atoms with Crippen molar-refractivity contribution in [3.05, 3.63) is 64.4 Å². The second kappa shape index (κ2) is 12.4. The van der Waals surface area contributed by atoms with Crippen molar-refractivity contribution >= 4 is 39.1 Å². The van der Waals surface area contributed by atoms with Gasteiger partial charge in [-0.25, -0.2) is 12.8 Å². The molecule has 1 N–H and O–H groups in total. The minimum absolute atomic E-state index is 0.0557. The summed E-state index contributed by atoms with van der Waals surface area (Å²) < 4.78 is 39.7. The number of hydrogen-bond donors (Lipinski definition) is 1. The van der Waals surface area contributed by atoms with Crippen LogP contribution in [0, 0.1) is 12.7 Å². The standard InChI is InChI=1S/C25H33ClFN3O4S/c1-6-18(4)28-25(32)23(7-2)29(15-19-11-9-8-10-17(19)3)24(31)16-30(35(5,33)34)20-12-13-22(27)21(26)14-20/h8-14,18,23H,6-7,15-16H2,1-5H3,(H,28,32). The highest BCUT2D eigenvalue weighted by Gasteiger charge is 2.32. The van der Waals surface area contributed by atoms with Gasteiger partial charge in [-0.05, 0) is 56.0 Å². The fraction of sp³-hybridized carbons (Fsp3) is 0.440. The number of amides is 2. The average molecular weight is 526 g/mol. The molecule has 10 heteroatoms. The van der Waals surface area contributed by atoms with Crippen LogP contribution in [0.2, 0.25) is 5.02 Å². The quantitative estimate of drug-likeness (QED) is 0.474. The van der Waals surface area contributed by atoms with Gasteiger partial charge in [0.15, 0.2) is 0 Å². The number of nitrogens with zero attached hydrogens (tertiary/aromatic N) is 2. The lowest BCUT2D eigenvalue weighted by molar-refractivity contribution is -0.140. The van der Waals surface area contributed by atoms with Gasteiger partial charge in [0.05, 0.1) is 17.0 Å². The number of sulfonamides is 1. The summed E-state index contributed by atoms with van der Waals surface area (Å²) in [6.07, 6.45) is 2.01. The molecule has 0 aromatic heterocycles. The summed E-state index contributed by atoms with van der Waals surface area (Å²) in [7, 11) is -3.93. The number of hydrogen-bond acceptors (Lipinski definition) is 4. The van der Waals surface area contributed by atoms with E-state index in [4.69, 9.17) is 11.6 Å². The van der Waals surface area contributed by atoms with E-state index >= 15 is 0 Å². The molecule has 0 aliphatic rings. The average Bonchev–Trinajstić information content (AvgIpc) is 2.79. The zero-order valence-electron chi connectivity index (χ0n) is 20.7. The number of rotatable bonds is 11. The maximum atomic E-state index is 13.7. The van der Waals surface area contributed by atoms with Crippen LogP contribution in [0.3, 0.4) is 0 Å². The maximum absolute atomic E-state index is 13.7. The van der Waals surface area contributed by atoms with E-state index in [1.807, 2.05) is 45.0 Å². The lowest BCUT2D eigenvalue weighted by atomic mass is 10.1. The Morgan fingerprint density at radius 1 is 1.11 bits per heavy atom. The van der Waals surface area contributed by atoms with E-state index in [1.54, 1.807) is 6.92 Å². The van der Waals surface area contributed by atoms with Gasteiger partial charge in [0.25, 0.3) is 0 Å². The van der Waals surface area contributed by atoms with Crippen LogP contribution in [0.4, 0.5) is 10.1 Å². The SMILES string of the molecule is CCC(C)NC(=O)C(CC)N(Cc1ccccc1C)C(=O)CN(c1ccc(F)c(Cl)c1)S(C)(=O)=O. The van der Waals surface area contributed by atoms with Crippen LogP contribution in [-0.4, -0.2) is 50.0 Å². The Hall–Kier alpha value is -2.65. The van der Waals surface area contributed by atoms with Crippen molar-refractivity contribution in [3.63, 3.8) is 0 Å². The molecule has 0 spiro atoms. The number of nitrogens with one attached hydrogen (secondary N) is 1. The van der Waals surface area contributed by atoms with Gasteiger partial charge >= 0.3 is 0 Å². The second-order valence-corrected chi connectivity index (χ2v) is 10.9. The fourth-order valence-corrected chi connectivity index (χ4v) is 4.60. The number of carbonyl (C=O) groups is 2. The summed E-state index contributed by atoms with van der Waals surface area (Å²) in [5.74, 6) is -1.58. The predicted molar refractivity (Wildman–Crippen MR) is 137 cm³/mol. The van der Waals surface area contributed by atoms with Crippen LogP contribution in [0.5, 0.6) is 0 Å². The van der Waals surface area contributed by atoms with Crippen molar-refractivity contribution in [3.8, 4) is 0 Å². The third-order valence-corrected chi connectivity index (χ3v) is 7.29. The molecule has 2 rings (SSSR count). The van der Waals surface area contributed by atoms with Gasteiger partial charge < -0.3 is 10.2 Å². The highest BCUT2D eigenvalue weighted by atomic mass is 35.5. The number of aryl methyl sites for hydroxylation is 1. The van der Waals surface area contributed by atoms with Crippen molar-refractivity contribution in [2.24, 2.45) is 0 Å². The molecule has 0 saturated heterocycles. The smallest absolute Gasteiger partial charge is 0.244 e. The van der Waals surface area contributed by atoms with Crippen LogP contribution < -0.4 is 9.62 Å². The first-order valence-corrected chi connectivity index (χ1v) is 13.7. The minimum atomic E-state index is -3.93. The van der Waals surface area contributed by atoms with Crippen molar-refractivity contribution < 1.29 is 22.4 Å². The van der Waals surface area contributed by atoms with Crippen molar-refractivity contribution in [1.82, 2.24) is 10.2 Å². The molecule has 0 aliphatic carbocycles. The zero-order chi connectivity index (χ0) is 26.3. The van der Waals surface area contributed by atoms with Crippen LogP contribution in [0.15, 0.2) is 42.5 Å². The number of carbonyl (C=O) groups excluding carboxylic acids is 2. The first kappa shape index (κ1) is 28.6. The van der Waals surface area contributed by atoms with Gasteiger partial charge in [0.2, 0.25) is 21.8 Å². The number of benzene rings is 2. The van der Waals surface area contributed by atoms with E-state index in [0.717, 1.165) is 40.2 Å². The molecule has 0 heterocycles. The Labute approximate surface area is 212 Å². The molecule has 0 aliphatic heterocycles. The third-order valence-electron chi connectivity index (χ3n) is 5.86. The van der Waals surface area contributed by atoms with Crippen LogP contribution in [0.25, 0.3) is 0 Å². The largest absolute Gasteiger partial charge is 0.352 e. The van der Waals surface area contributed by atoms with Crippen molar-refractivity contribution in [2.45, 2.75) is 59.2 Å². The maximum Gasteiger partial charge on any atom is 0.244 e. The Morgan fingerprint density at radius 2 is 1.77 bits per heavy atom. The van der Waals surface area contributed by atoms with Crippen molar-refractivity contribution in [2.75, 3.05) is 17.1 Å². The lowest BCUT2D eigenvalue weighted by Crippen LogP contribution is -2.53. The fourth-order valence-electron chi connectivity index (χ4n) is 3.59. The van der Waals surface area contributed by atoms with E-state index in [0.29, 0.717) is 6.42 Å². The van der Waals surface area contributed by atoms with Gasteiger partial charge in [-0.1, -0.05) is 49.7 Å². The second-order valence-electron chi connectivity index (χ2n) is 8.56. The number of halogens is 2. The van der Waals surface area contributed by atoms with Crippen molar-refractivity contribution in [1.29, 1.82) is 0 Å². The highest BCUT2D eigenvalue weighted by Crippen LogP contribution is 2.25. The van der Waals surface area contributed by atoms with E-state index in [-0.39, 0.29) is 29.2 Å². The lowest BCUT2D eigenvalue weighted by Gasteiger charge is -2.33. The molecule has 2 unspecified atom stereocenters. The summed E-state index contributed by atoms with van der Waals surface area (Å²) in [6, 6.07) is 10.0. The van der Waals surface area contributed by atoms with Gasteiger partial charge in [-0.3, -0.25) is 13.9 Å². The molecule has 7 nitrogen and oxygen atoms in total. The Balaban J connectivity index is 2.47.